The third-order valence-corrected chi connectivity index (χ3v) is 5.93. The predicted molar refractivity (Wildman–Crippen MR) is 121 cm³/mol. The molecule has 0 spiro atoms. The first-order chi connectivity index (χ1) is 15.3. The van der Waals surface area contributed by atoms with Crippen LogP contribution in [0.4, 0.5) is 11.4 Å². The van der Waals surface area contributed by atoms with E-state index in [1.807, 2.05) is 30.3 Å². The van der Waals surface area contributed by atoms with E-state index in [2.05, 4.69) is 15.4 Å². The minimum absolute atomic E-state index is 0.00283. The lowest BCUT2D eigenvalue weighted by Crippen LogP contribution is -2.29. The summed E-state index contributed by atoms with van der Waals surface area (Å²) in [7, 11) is -3.78. The maximum Gasteiger partial charge on any atom is 0.269 e. The zero-order valence-electron chi connectivity index (χ0n) is 17.0. The number of nitro benzene ring substituents is 1. The van der Waals surface area contributed by atoms with Crippen LogP contribution in [0.3, 0.4) is 0 Å². The van der Waals surface area contributed by atoms with Crippen LogP contribution in [-0.2, 0) is 16.6 Å². The lowest BCUT2D eigenvalue weighted by Gasteiger charge is -2.10. The summed E-state index contributed by atoms with van der Waals surface area (Å²) >= 11 is 0. The van der Waals surface area contributed by atoms with Gasteiger partial charge in [-0.1, -0.05) is 36.4 Å². The van der Waals surface area contributed by atoms with E-state index in [-0.39, 0.29) is 29.2 Å². The van der Waals surface area contributed by atoms with Crippen molar-refractivity contribution in [1.29, 1.82) is 0 Å². The fourth-order valence-corrected chi connectivity index (χ4v) is 3.91. The molecule has 0 aliphatic rings. The van der Waals surface area contributed by atoms with Gasteiger partial charge in [0.25, 0.3) is 11.6 Å². The zero-order chi connectivity index (χ0) is 23.0. The molecule has 0 saturated carbocycles. The molecule has 0 saturated heterocycles. The third kappa shape index (κ3) is 6.37. The van der Waals surface area contributed by atoms with Crippen molar-refractivity contribution in [1.82, 2.24) is 10.0 Å². The molecule has 3 aromatic rings. The number of benzene rings is 3. The Morgan fingerprint density at radius 1 is 0.906 bits per heavy atom. The van der Waals surface area contributed by atoms with Gasteiger partial charge in [-0.15, -0.1) is 0 Å². The number of nitro groups is 1. The molecule has 3 aromatic carbocycles. The van der Waals surface area contributed by atoms with Crippen LogP contribution in [0.1, 0.15) is 15.9 Å². The molecule has 32 heavy (non-hydrogen) atoms. The predicted octanol–water partition coefficient (Wildman–Crippen LogP) is 2.92. The summed E-state index contributed by atoms with van der Waals surface area (Å²) in [6.45, 7) is 0.813. The molecule has 0 aliphatic carbocycles. The topological polar surface area (TPSA) is 130 Å². The van der Waals surface area contributed by atoms with Gasteiger partial charge in [-0.05, 0) is 35.9 Å². The number of sulfonamides is 1. The Morgan fingerprint density at radius 2 is 1.62 bits per heavy atom. The lowest BCUT2D eigenvalue weighted by molar-refractivity contribution is -0.384. The number of rotatable bonds is 10. The van der Waals surface area contributed by atoms with Crippen molar-refractivity contribution in [2.75, 3.05) is 18.4 Å². The minimum Gasteiger partial charge on any atom is -0.383 e. The number of nitrogens with one attached hydrogen (secondary N) is 3. The van der Waals surface area contributed by atoms with Crippen molar-refractivity contribution in [3.63, 3.8) is 0 Å². The maximum absolute atomic E-state index is 12.6. The van der Waals surface area contributed by atoms with Gasteiger partial charge in [-0.2, -0.15) is 0 Å². The summed E-state index contributed by atoms with van der Waals surface area (Å²) in [6.07, 6.45) is 0. The number of hydrogen-bond donors (Lipinski definition) is 3. The molecule has 10 heteroatoms. The molecule has 0 bridgehead atoms. The molecule has 0 aliphatic heterocycles. The van der Waals surface area contributed by atoms with Gasteiger partial charge in [0.2, 0.25) is 10.0 Å². The number of non-ortho nitro benzene ring substituents is 1. The average Bonchev–Trinajstić information content (AvgIpc) is 2.81. The molecule has 1 amide bonds. The van der Waals surface area contributed by atoms with Gasteiger partial charge in [0.1, 0.15) is 0 Å². The molecular formula is C22H22N4O5S. The average molecular weight is 455 g/mol. The van der Waals surface area contributed by atoms with Gasteiger partial charge >= 0.3 is 0 Å². The number of carbonyl (C=O) groups excluding carboxylic acids is 1. The van der Waals surface area contributed by atoms with Crippen LogP contribution in [0, 0.1) is 10.1 Å². The highest BCUT2D eigenvalue weighted by Crippen LogP contribution is 2.15. The quantitative estimate of drug-likeness (QED) is 0.245. The van der Waals surface area contributed by atoms with Crippen molar-refractivity contribution in [3.05, 3.63) is 100 Å². The Balaban J connectivity index is 1.52. The summed E-state index contributed by atoms with van der Waals surface area (Å²) < 4.78 is 27.7. The largest absolute Gasteiger partial charge is 0.383 e. The van der Waals surface area contributed by atoms with Crippen molar-refractivity contribution in [2.45, 2.75) is 11.4 Å². The number of carbonyl (C=O) groups is 1. The summed E-state index contributed by atoms with van der Waals surface area (Å²) in [5.41, 5.74) is 1.73. The highest BCUT2D eigenvalue weighted by Gasteiger charge is 2.16. The number of amides is 1. The molecule has 0 aromatic heterocycles. The molecule has 0 fully saturated rings. The van der Waals surface area contributed by atoms with Crippen molar-refractivity contribution < 1.29 is 18.1 Å². The molecule has 0 atom stereocenters. The van der Waals surface area contributed by atoms with E-state index >= 15 is 0 Å². The van der Waals surface area contributed by atoms with E-state index in [9.17, 15) is 23.3 Å². The Labute approximate surface area is 185 Å². The second-order valence-electron chi connectivity index (χ2n) is 6.82. The first kappa shape index (κ1) is 22.9. The van der Waals surface area contributed by atoms with Gasteiger partial charge in [0, 0.05) is 43.0 Å². The standard InChI is InChI=1S/C22H22N4O5S/c27-22(24-14-13-23-19-9-11-20(12-10-19)26(28)29)18-7-4-8-21(15-18)32(30,31)25-16-17-5-2-1-3-6-17/h1-12,15,23,25H,13-14,16H2,(H,24,27). The van der Waals surface area contributed by atoms with Crippen molar-refractivity contribution >= 4 is 27.3 Å². The highest BCUT2D eigenvalue weighted by molar-refractivity contribution is 7.89. The molecule has 0 unspecified atom stereocenters. The van der Waals surface area contributed by atoms with Crippen LogP contribution in [0.25, 0.3) is 0 Å². The fourth-order valence-electron chi connectivity index (χ4n) is 2.85. The van der Waals surface area contributed by atoms with Crippen LogP contribution >= 0.6 is 0 Å². The molecule has 0 radical (unpaired) electrons. The van der Waals surface area contributed by atoms with E-state index in [0.717, 1.165) is 5.56 Å². The van der Waals surface area contributed by atoms with Crippen LogP contribution in [0.5, 0.6) is 0 Å². The van der Waals surface area contributed by atoms with Crippen molar-refractivity contribution in [2.24, 2.45) is 0 Å². The Hall–Kier alpha value is -3.76. The van der Waals surface area contributed by atoms with E-state index in [1.54, 1.807) is 12.1 Å². The first-order valence-corrected chi connectivity index (χ1v) is 11.2. The second kappa shape index (κ2) is 10.5. The van der Waals surface area contributed by atoms with Gasteiger partial charge in [0.05, 0.1) is 9.82 Å². The molecule has 3 N–H and O–H groups in total. The Morgan fingerprint density at radius 3 is 2.31 bits per heavy atom. The van der Waals surface area contributed by atoms with E-state index in [4.69, 9.17) is 0 Å². The van der Waals surface area contributed by atoms with E-state index in [1.165, 1.54) is 36.4 Å². The third-order valence-electron chi connectivity index (χ3n) is 4.53. The maximum atomic E-state index is 12.6. The molecule has 9 nitrogen and oxygen atoms in total. The summed E-state index contributed by atoms with van der Waals surface area (Å²) in [5, 5.41) is 16.4. The van der Waals surface area contributed by atoms with Gasteiger partial charge < -0.3 is 10.6 Å². The summed E-state index contributed by atoms with van der Waals surface area (Å²) in [6, 6.07) is 20.9. The SMILES string of the molecule is O=C(NCCNc1ccc([N+](=O)[O-])cc1)c1cccc(S(=O)(=O)NCc2ccccc2)c1. The minimum atomic E-state index is -3.78. The normalized spacial score (nSPS) is 11.0. The second-order valence-corrected chi connectivity index (χ2v) is 8.59. The summed E-state index contributed by atoms with van der Waals surface area (Å²) in [4.78, 5) is 22.6. The van der Waals surface area contributed by atoms with Crippen LogP contribution < -0.4 is 15.4 Å². The zero-order valence-corrected chi connectivity index (χ0v) is 17.8. The van der Waals surface area contributed by atoms with Crippen LogP contribution in [0.2, 0.25) is 0 Å². The summed E-state index contributed by atoms with van der Waals surface area (Å²) in [5.74, 6) is -0.407. The monoisotopic (exact) mass is 454 g/mol. The number of anilines is 1. The Bertz CT molecular complexity index is 1180. The van der Waals surface area contributed by atoms with Gasteiger partial charge in [0.15, 0.2) is 0 Å². The fraction of sp³-hybridized carbons (Fsp3) is 0.136. The Kier molecular flexibility index (Phi) is 7.53. The smallest absolute Gasteiger partial charge is 0.269 e. The number of hydrogen-bond acceptors (Lipinski definition) is 6. The highest BCUT2D eigenvalue weighted by atomic mass is 32.2. The molecule has 3 rings (SSSR count). The molecular weight excluding hydrogens is 432 g/mol. The van der Waals surface area contributed by atoms with Gasteiger partial charge in [-0.25, -0.2) is 13.1 Å². The van der Waals surface area contributed by atoms with Crippen LogP contribution in [0.15, 0.2) is 83.8 Å². The first-order valence-electron chi connectivity index (χ1n) is 9.75. The van der Waals surface area contributed by atoms with Gasteiger partial charge in [-0.3, -0.25) is 14.9 Å². The van der Waals surface area contributed by atoms with Crippen LogP contribution in [-0.4, -0.2) is 32.3 Å². The van der Waals surface area contributed by atoms with Crippen molar-refractivity contribution in [3.8, 4) is 0 Å². The molecule has 166 valence electrons. The lowest BCUT2D eigenvalue weighted by atomic mass is 10.2. The van der Waals surface area contributed by atoms with E-state index < -0.39 is 20.9 Å². The van der Waals surface area contributed by atoms with E-state index in [0.29, 0.717) is 12.2 Å². The molecule has 0 heterocycles. The number of nitrogens with zero attached hydrogens (tertiary/aromatic N) is 1.